The number of aromatic nitrogens is 1. The molecule has 1 amide bonds. The second kappa shape index (κ2) is 6.85. The van der Waals surface area contributed by atoms with E-state index >= 15 is 0 Å². The highest BCUT2D eigenvalue weighted by Crippen LogP contribution is 2.23. The number of aryl methyl sites for hydroxylation is 1. The van der Waals surface area contributed by atoms with Crippen LogP contribution in [0.5, 0.6) is 0 Å². The molecule has 22 heavy (non-hydrogen) atoms. The van der Waals surface area contributed by atoms with Gasteiger partial charge in [0.1, 0.15) is 10.7 Å². The fourth-order valence-corrected chi connectivity index (χ4v) is 2.72. The first kappa shape index (κ1) is 16.4. The third-order valence-electron chi connectivity index (χ3n) is 2.98. The van der Waals surface area contributed by atoms with E-state index in [1.54, 1.807) is 6.92 Å². The van der Waals surface area contributed by atoms with Crippen molar-refractivity contribution in [2.24, 2.45) is 0 Å². The highest BCUT2D eigenvalue weighted by Gasteiger charge is 2.21. The van der Waals surface area contributed by atoms with Gasteiger partial charge in [-0.3, -0.25) is 9.59 Å². The molecule has 2 N–H and O–H groups in total. The second-order valence-corrected chi connectivity index (χ2v) is 5.83. The van der Waals surface area contributed by atoms with Gasteiger partial charge in [0.15, 0.2) is 0 Å². The van der Waals surface area contributed by atoms with Crippen LogP contribution >= 0.6 is 22.9 Å². The third-order valence-corrected chi connectivity index (χ3v) is 4.22. The summed E-state index contributed by atoms with van der Waals surface area (Å²) in [4.78, 5) is 27.5. The van der Waals surface area contributed by atoms with Gasteiger partial charge in [-0.25, -0.2) is 9.37 Å². The predicted octanol–water partition coefficient (Wildman–Crippen LogP) is 3.19. The van der Waals surface area contributed by atoms with E-state index in [1.807, 2.05) is 0 Å². The Kier molecular flexibility index (Phi) is 5.10. The molecule has 1 aromatic heterocycles. The van der Waals surface area contributed by atoms with Gasteiger partial charge in [0.2, 0.25) is 0 Å². The SMILES string of the molecule is Cc1ncsc1C(=O)NC(CC(=O)O)c1ccc(Cl)c(F)c1. The average molecular weight is 343 g/mol. The van der Waals surface area contributed by atoms with Crippen molar-refractivity contribution in [3.8, 4) is 0 Å². The van der Waals surface area contributed by atoms with Crippen LogP contribution in [0.3, 0.4) is 0 Å². The first-order chi connectivity index (χ1) is 10.4. The first-order valence-electron chi connectivity index (χ1n) is 6.26. The lowest BCUT2D eigenvalue weighted by Gasteiger charge is -2.17. The van der Waals surface area contributed by atoms with Gasteiger partial charge in [0.05, 0.1) is 28.7 Å². The van der Waals surface area contributed by atoms with Crippen molar-refractivity contribution in [3.05, 3.63) is 50.7 Å². The minimum absolute atomic E-state index is 0.0672. The summed E-state index contributed by atoms with van der Waals surface area (Å²) < 4.78 is 13.6. The number of carbonyl (C=O) groups excluding carboxylic acids is 1. The zero-order valence-electron chi connectivity index (χ0n) is 11.5. The first-order valence-corrected chi connectivity index (χ1v) is 7.52. The summed E-state index contributed by atoms with van der Waals surface area (Å²) >= 11 is 6.77. The molecule has 0 fully saturated rings. The van der Waals surface area contributed by atoms with Crippen LogP contribution in [-0.2, 0) is 4.79 Å². The lowest BCUT2D eigenvalue weighted by molar-refractivity contribution is -0.137. The number of halogens is 2. The lowest BCUT2D eigenvalue weighted by atomic mass is 10.0. The highest BCUT2D eigenvalue weighted by atomic mass is 35.5. The van der Waals surface area contributed by atoms with E-state index in [-0.39, 0.29) is 11.4 Å². The molecular weight excluding hydrogens is 331 g/mol. The molecule has 0 saturated heterocycles. The van der Waals surface area contributed by atoms with Crippen LogP contribution in [0.1, 0.15) is 33.4 Å². The van der Waals surface area contributed by atoms with E-state index in [0.717, 1.165) is 17.4 Å². The van der Waals surface area contributed by atoms with E-state index in [4.69, 9.17) is 16.7 Å². The summed E-state index contributed by atoms with van der Waals surface area (Å²) in [6.07, 6.45) is -0.370. The van der Waals surface area contributed by atoms with Crippen molar-refractivity contribution >= 4 is 34.8 Å². The van der Waals surface area contributed by atoms with Crippen LogP contribution < -0.4 is 5.32 Å². The summed E-state index contributed by atoms with van der Waals surface area (Å²) in [5.74, 6) is -2.22. The van der Waals surface area contributed by atoms with E-state index in [0.29, 0.717) is 16.1 Å². The quantitative estimate of drug-likeness (QED) is 0.874. The van der Waals surface area contributed by atoms with Gasteiger partial charge in [-0.2, -0.15) is 0 Å². The maximum atomic E-state index is 13.6. The molecule has 0 spiro atoms. The zero-order valence-corrected chi connectivity index (χ0v) is 13.0. The molecule has 0 bridgehead atoms. The van der Waals surface area contributed by atoms with Crippen LogP contribution in [-0.4, -0.2) is 22.0 Å². The number of carboxylic acids is 1. The molecule has 2 rings (SSSR count). The molecule has 8 heteroatoms. The van der Waals surface area contributed by atoms with Gasteiger partial charge in [-0.05, 0) is 24.6 Å². The van der Waals surface area contributed by atoms with Crippen molar-refractivity contribution in [2.75, 3.05) is 0 Å². The zero-order chi connectivity index (χ0) is 16.3. The third kappa shape index (κ3) is 3.80. The number of aliphatic carboxylic acids is 1. The van der Waals surface area contributed by atoms with Crippen LogP contribution in [0.15, 0.2) is 23.7 Å². The monoisotopic (exact) mass is 342 g/mol. The second-order valence-electron chi connectivity index (χ2n) is 4.56. The van der Waals surface area contributed by atoms with Gasteiger partial charge in [0.25, 0.3) is 5.91 Å². The average Bonchev–Trinajstić information content (AvgIpc) is 2.87. The Hall–Kier alpha value is -1.99. The molecular formula is C14H12ClFN2O3S. The van der Waals surface area contributed by atoms with Crippen LogP contribution in [0, 0.1) is 12.7 Å². The number of hydrogen-bond acceptors (Lipinski definition) is 4. The standard InChI is InChI=1S/C14H12ClFN2O3S/c1-7-13(22-6-17-7)14(21)18-11(5-12(19)20)8-2-3-9(15)10(16)4-8/h2-4,6,11H,5H2,1H3,(H,18,21)(H,19,20). The topological polar surface area (TPSA) is 79.3 Å². The Morgan fingerprint density at radius 1 is 1.50 bits per heavy atom. The molecule has 2 aromatic rings. The predicted molar refractivity (Wildman–Crippen MR) is 80.7 cm³/mol. The van der Waals surface area contributed by atoms with Crippen LogP contribution in [0.2, 0.25) is 5.02 Å². The van der Waals surface area contributed by atoms with Gasteiger partial charge in [-0.1, -0.05) is 17.7 Å². The molecule has 5 nitrogen and oxygen atoms in total. The number of thiazole rings is 1. The number of rotatable bonds is 5. The van der Waals surface area contributed by atoms with Gasteiger partial charge in [0, 0.05) is 0 Å². The van der Waals surface area contributed by atoms with E-state index < -0.39 is 23.7 Å². The highest BCUT2D eigenvalue weighted by molar-refractivity contribution is 7.11. The molecule has 1 atom stereocenters. The number of carboxylic acid groups (broad SMARTS) is 1. The molecule has 0 radical (unpaired) electrons. The van der Waals surface area contributed by atoms with Gasteiger partial charge < -0.3 is 10.4 Å². The molecule has 0 aliphatic heterocycles. The maximum Gasteiger partial charge on any atom is 0.305 e. The molecule has 116 valence electrons. The summed E-state index contributed by atoms with van der Waals surface area (Å²) in [5.41, 5.74) is 2.41. The molecule has 0 aliphatic rings. The van der Waals surface area contributed by atoms with Gasteiger partial charge in [-0.15, -0.1) is 11.3 Å². The number of nitrogens with zero attached hydrogens (tertiary/aromatic N) is 1. The Labute approximate surface area is 134 Å². The van der Waals surface area contributed by atoms with Crippen molar-refractivity contribution in [2.45, 2.75) is 19.4 Å². The normalized spacial score (nSPS) is 12.0. The van der Waals surface area contributed by atoms with Gasteiger partial charge >= 0.3 is 5.97 Å². The summed E-state index contributed by atoms with van der Waals surface area (Å²) in [6.45, 7) is 1.68. The Morgan fingerprint density at radius 2 is 2.23 bits per heavy atom. The minimum atomic E-state index is -1.11. The Bertz CT molecular complexity index is 720. The maximum absolute atomic E-state index is 13.6. The molecule has 1 unspecified atom stereocenters. The fourth-order valence-electron chi connectivity index (χ4n) is 1.90. The van der Waals surface area contributed by atoms with Crippen molar-refractivity contribution in [3.63, 3.8) is 0 Å². The Balaban J connectivity index is 2.26. The lowest BCUT2D eigenvalue weighted by Crippen LogP contribution is -2.30. The van der Waals surface area contributed by atoms with Crippen molar-refractivity contribution < 1.29 is 19.1 Å². The molecule has 0 aliphatic carbocycles. The van der Waals surface area contributed by atoms with Crippen molar-refractivity contribution in [1.29, 1.82) is 0 Å². The Morgan fingerprint density at radius 3 is 2.77 bits per heavy atom. The number of hydrogen-bond donors (Lipinski definition) is 2. The number of carbonyl (C=O) groups is 2. The summed E-state index contributed by atoms with van der Waals surface area (Å²) in [5, 5.41) is 11.5. The smallest absolute Gasteiger partial charge is 0.305 e. The number of benzene rings is 1. The number of nitrogens with one attached hydrogen (secondary N) is 1. The molecule has 1 heterocycles. The summed E-state index contributed by atoms with van der Waals surface area (Å²) in [7, 11) is 0. The summed E-state index contributed by atoms with van der Waals surface area (Å²) in [6, 6.07) is 3.07. The number of amides is 1. The molecule has 1 aromatic carbocycles. The van der Waals surface area contributed by atoms with Crippen LogP contribution in [0.4, 0.5) is 4.39 Å². The minimum Gasteiger partial charge on any atom is -0.481 e. The largest absolute Gasteiger partial charge is 0.481 e. The molecule has 0 saturated carbocycles. The van der Waals surface area contributed by atoms with E-state index in [2.05, 4.69) is 10.3 Å². The van der Waals surface area contributed by atoms with E-state index in [9.17, 15) is 14.0 Å². The van der Waals surface area contributed by atoms with E-state index in [1.165, 1.54) is 17.6 Å². The van der Waals surface area contributed by atoms with Crippen LogP contribution in [0.25, 0.3) is 0 Å². The van der Waals surface area contributed by atoms with Crippen molar-refractivity contribution in [1.82, 2.24) is 10.3 Å². The fraction of sp³-hybridized carbons (Fsp3) is 0.214.